The van der Waals surface area contributed by atoms with E-state index in [1.165, 1.54) is 49.0 Å². The van der Waals surface area contributed by atoms with E-state index in [-0.39, 0.29) is 30.1 Å². The zero-order chi connectivity index (χ0) is 24.6. The number of sulfonamides is 1. The smallest absolute Gasteiger partial charge is 0.259 e. The summed E-state index contributed by atoms with van der Waals surface area (Å²) < 4.78 is 42.2. The van der Waals surface area contributed by atoms with Crippen LogP contribution in [0, 0.1) is 0 Å². The van der Waals surface area contributed by atoms with Gasteiger partial charge in [-0.25, -0.2) is 13.8 Å². The Hall–Kier alpha value is -3.48. The molecule has 0 saturated carbocycles. The average Bonchev–Trinajstić information content (AvgIpc) is 2.87. The van der Waals surface area contributed by atoms with E-state index >= 15 is 0 Å². The second-order valence-corrected chi connectivity index (χ2v) is 9.07. The molecule has 0 aromatic heterocycles. The van der Waals surface area contributed by atoms with Gasteiger partial charge in [0.25, 0.3) is 11.8 Å². The highest BCUT2D eigenvalue weighted by atomic mass is 32.2. The molecule has 3 rings (SSSR count). The van der Waals surface area contributed by atoms with Gasteiger partial charge < -0.3 is 19.5 Å². The molecule has 1 saturated heterocycles. The molecule has 2 N–H and O–H groups in total. The second-order valence-electron chi connectivity index (χ2n) is 7.13. The van der Waals surface area contributed by atoms with Crippen molar-refractivity contribution in [2.45, 2.75) is 4.90 Å². The second kappa shape index (κ2) is 11.6. The van der Waals surface area contributed by atoms with Crippen LogP contribution < -0.4 is 20.2 Å². The Kier molecular flexibility index (Phi) is 8.57. The van der Waals surface area contributed by atoms with E-state index in [9.17, 15) is 18.0 Å². The van der Waals surface area contributed by atoms with Crippen molar-refractivity contribution in [3.63, 3.8) is 0 Å². The maximum atomic E-state index is 12.6. The van der Waals surface area contributed by atoms with Gasteiger partial charge in [0.1, 0.15) is 0 Å². The maximum Gasteiger partial charge on any atom is 0.259 e. The fourth-order valence-electron chi connectivity index (χ4n) is 3.13. The van der Waals surface area contributed by atoms with Gasteiger partial charge in [-0.2, -0.15) is 9.41 Å². The van der Waals surface area contributed by atoms with E-state index < -0.39 is 21.8 Å². The van der Waals surface area contributed by atoms with Gasteiger partial charge in [0.15, 0.2) is 11.5 Å². The minimum Gasteiger partial charge on any atom is -0.493 e. The fraction of sp³-hybridized carbons (Fsp3) is 0.318. The topological polar surface area (TPSA) is 136 Å². The molecule has 1 aliphatic heterocycles. The van der Waals surface area contributed by atoms with Crippen LogP contribution in [0.5, 0.6) is 11.5 Å². The molecular formula is C22H26N4O7S. The zero-order valence-corrected chi connectivity index (χ0v) is 19.6. The molecule has 0 unspecified atom stereocenters. The number of ether oxygens (including phenoxy) is 3. The van der Waals surface area contributed by atoms with E-state index in [1.807, 2.05) is 0 Å². The minimum atomic E-state index is -3.65. The molecule has 1 aliphatic rings. The predicted molar refractivity (Wildman–Crippen MR) is 124 cm³/mol. The highest BCUT2D eigenvalue weighted by molar-refractivity contribution is 7.89. The van der Waals surface area contributed by atoms with Crippen LogP contribution in [0.3, 0.4) is 0 Å². The third-order valence-corrected chi connectivity index (χ3v) is 6.86. The Bertz CT molecular complexity index is 1140. The van der Waals surface area contributed by atoms with E-state index in [0.29, 0.717) is 30.3 Å². The van der Waals surface area contributed by atoms with E-state index in [1.54, 1.807) is 18.2 Å². The van der Waals surface area contributed by atoms with Crippen molar-refractivity contribution in [2.75, 3.05) is 47.1 Å². The number of hydrogen-bond acceptors (Lipinski definition) is 8. The largest absolute Gasteiger partial charge is 0.493 e. The van der Waals surface area contributed by atoms with Crippen molar-refractivity contribution in [2.24, 2.45) is 5.10 Å². The van der Waals surface area contributed by atoms with Crippen LogP contribution in [0.4, 0.5) is 0 Å². The summed E-state index contributed by atoms with van der Waals surface area (Å²) in [6.07, 6.45) is 1.43. The molecule has 11 nitrogen and oxygen atoms in total. The van der Waals surface area contributed by atoms with Crippen LogP contribution in [0.15, 0.2) is 52.5 Å². The van der Waals surface area contributed by atoms with Crippen LogP contribution in [-0.2, 0) is 19.6 Å². The molecule has 1 heterocycles. The summed E-state index contributed by atoms with van der Waals surface area (Å²) in [6, 6.07) is 10.7. The van der Waals surface area contributed by atoms with Crippen LogP contribution in [-0.4, -0.2) is 77.8 Å². The number of nitrogens with zero attached hydrogens (tertiary/aromatic N) is 2. The maximum absolute atomic E-state index is 12.6. The number of carbonyl (C=O) groups excluding carboxylic acids is 2. The van der Waals surface area contributed by atoms with E-state index in [4.69, 9.17) is 14.2 Å². The predicted octanol–water partition coefficient (Wildman–Crippen LogP) is 0.605. The van der Waals surface area contributed by atoms with Gasteiger partial charge in [-0.15, -0.1) is 0 Å². The van der Waals surface area contributed by atoms with Gasteiger partial charge in [0, 0.05) is 18.7 Å². The molecule has 2 aromatic carbocycles. The lowest BCUT2D eigenvalue weighted by Crippen LogP contribution is -2.40. The van der Waals surface area contributed by atoms with Gasteiger partial charge in [0.2, 0.25) is 10.0 Å². The molecule has 2 amide bonds. The highest BCUT2D eigenvalue weighted by Crippen LogP contribution is 2.26. The third-order valence-electron chi connectivity index (χ3n) is 4.94. The molecule has 1 fully saturated rings. The lowest BCUT2D eigenvalue weighted by molar-refractivity contribution is -0.120. The number of nitrogens with one attached hydrogen (secondary N) is 2. The van der Waals surface area contributed by atoms with Gasteiger partial charge in [0.05, 0.1) is 45.1 Å². The lowest BCUT2D eigenvalue weighted by atomic mass is 10.2. The van der Waals surface area contributed by atoms with Crippen molar-refractivity contribution in [1.82, 2.24) is 15.0 Å². The van der Waals surface area contributed by atoms with Gasteiger partial charge in [-0.1, -0.05) is 0 Å². The number of morpholine rings is 1. The Morgan fingerprint density at radius 3 is 2.38 bits per heavy atom. The normalized spacial score (nSPS) is 14.5. The number of methoxy groups -OCH3 is 2. The molecule has 0 radical (unpaired) electrons. The fourth-order valence-corrected chi connectivity index (χ4v) is 4.54. The molecule has 182 valence electrons. The summed E-state index contributed by atoms with van der Waals surface area (Å²) in [5.74, 6) is 0.0397. The number of amides is 2. The van der Waals surface area contributed by atoms with Crippen molar-refractivity contribution in [3.05, 3.63) is 53.6 Å². The van der Waals surface area contributed by atoms with E-state index in [2.05, 4.69) is 15.8 Å². The Morgan fingerprint density at radius 2 is 1.74 bits per heavy atom. The van der Waals surface area contributed by atoms with Crippen molar-refractivity contribution >= 4 is 28.1 Å². The Balaban J connectivity index is 1.50. The molecule has 12 heteroatoms. The molecule has 0 spiro atoms. The number of hydrogen-bond donors (Lipinski definition) is 2. The molecular weight excluding hydrogens is 464 g/mol. The standard InChI is InChI=1S/C22H26N4O7S/c1-31-19-8-3-16(13-20(19)32-2)14-24-25-21(27)15-23-22(28)17-4-6-18(7-5-17)34(29,30)26-9-11-33-12-10-26/h3-8,13-14H,9-12,15H2,1-2H3,(H,23,28)(H,25,27)/b24-14+. The summed E-state index contributed by atoms with van der Waals surface area (Å²) in [7, 11) is -0.602. The molecule has 0 aliphatic carbocycles. The first kappa shape index (κ1) is 25.1. The van der Waals surface area contributed by atoms with Crippen LogP contribution in [0.25, 0.3) is 0 Å². The minimum absolute atomic E-state index is 0.0909. The number of carbonyl (C=O) groups is 2. The quantitative estimate of drug-likeness (QED) is 0.388. The summed E-state index contributed by atoms with van der Waals surface area (Å²) in [5, 5.41) is 6.32. The molecule has 0 atom stereocenters. The van der Waals surface area contributed by atoms with E-state index in [0.717, 1.165) is 0 Å². The van der Waals surface area contributed by atoms with Crippen LogP contribution in [0.1, 0.15) is 15.9 Å². The van der Waals surface area contributed by atoms with Crippen LogP contribution >= 0.6 is 0 Å². The summed E-state index contributed by atoms with van der Waals surface area (Å²) in [4.78, 5) is 24.4. The van der Waals surface area contributed by atoms with Crippen molar-refractivity contribution in [3.8, 4) is 11.5 Å². The summed E-state index contributed by atoms with van der Waals surface area (Å²) in [5.41, 5.74) is 3.22. The molecule has 0 bridgehead atoms. The zero-order valence-electron chi connectivity index (χ0n) is 18.8. The van der Waals surface area contributed by atoms with Gasteiger partial charge >= 0.3 is 0 Å². The van der Waals surface area contributed by atoms with Gasteiger partial charge in [-0.05, 0) is 48.0 Å². The summed E-state index contributed by atoms with van der Waals surface area (Å²) in [6.45, 7) is 0.957. The first-order valence-electron chi connectivity index (χ1n) is 10.3. The SMILES string of the molecule is COc1ccc(/C=N/NC(=O)CNC(=O)c2ccc(S(=O)(=O)N3CCOCC3)cc2)cc1OC. The number of rotatable bonds is 9. The third kappa shape index (κ3) is 6.31. The van der Waals surface area contributed by atoms with Crippen molar-refractivity contribution < 1.29 is 32.2 Å². The molecule has 34 heavy (non-hydrogen) atoms. The van der Waals surface area contributed by atoms with Crippen LogP contribution in [0.2, 0.25) is 0 Å². The number of benzene rings is 2. The Morgan fingerprint density at radius 1 is 1.06 bits per heavy atom. The highest BCUT2D eigenvalue weighted by Gasteiger charge is 2.26. The Labute approximate surface area is 197 Å². The first-order chi connectivity index (χ1) is 16.3. The summed E-state index contributed by atoms with van der Waals surface area (Å²) >= 11 is 0. The monoisotopic (exact) mass is 490 g/mol. The lowest BCUT2D eigenvalue weighted by Gasteiger charge is -2.26. The average molecular weight is 491 g/mol. The number of hydrazone groups is 1. The first-order valence-corrected chi connectivity index (χ1v) is 11.8. The van der Waals surface area contributed by atoms with Gasteiger partial charge in [-0.3, -0.25) is 9.59 Å². The van der Waals surface area contributed by atoms with Crippen molar-refractivity contribution in [1.29, 1.82) is 0 Å². The molecule has 2 aromatic rings.